The third-order valence-electron chi connectivity index (χ3n) is 2.30. The van der Waals surface area contributed by atoms with Crippen molar-refractivity contribution < 1.29 is 19.8 Å². The molecule has 15 heavy (non-hydrogen) atoms. The number of carboxylic acids is 1. The van der Waals surface area contributed by atoms with Crippen molar-refractivity contribution in [1.82, 2.24) is 4.90 Å². The molecule has 0 unspecified atom stereocenters. The summed E-state index contributed by atoms with van der Waals surface area (Å²) in [7, 11) is 0. The number of amides is 1. The van der Waals surface area contributed by atoms with E-state index in [9.17, 15) is 14.7 Å². The predicted octanol–water partition coefficient (Wildman–Crippen LogP) is 0.433. The van der Waals surface area contributed by atoms with Crippen molar-refractivity contribution in [1.29, 1.82) is 0 Å². The van der Waals surface area contributed by atoms with E-state index in [2.05, 4.69) is 0 Å². The first-order valence-corrected chi connectivity index (χ1v) is 4.41. The molecule has 5 heteroatoms. The largest absolute Gasteiger partial charge is 0.508 e. The summed E-state index contributed by atoms with van der Waals surface area (Å²) in [5.74, 6) is -1.37. The molecule has 1 amide bonds. The van der Waals surface area contributed by atoms with Crippen LogP contribution in [-0.2, 0) is 11.3 Å². The molecule has 0 aliphatic carbocycles. The SMILES string of the molecule is O=C(O)CN1Cc2ccc(O)cc2C1=O. The van der Waals surface area contributed by atoms with Crippen LogP contribution in [0.3, 0.4) is 0 Å². The number of phenols is 1. The van der Waals surface area contributed by atoms with Gasteiger partial charge >= 0.3 is 5.97 Å². The molecule has 0 saturated heterocycles. The van der Waals surface area contributed by atoms with Crippen LogP contribution in [0.2, 0.25) is 0 Å². The Kier molecular flexibility index (Phi) is 2.07. The highest BCUT2D eigenvalue weighted by atomic mass is 16.4. The highest BCUT2D eigenvalue weighted by Crippen LogP contribution is 2.25. The Morgan fingerprint density at radius 1 is 1.47 bits per heavy atom. The normalized spacial score (nSPS) is 14.1. The van der Waals surface area contributed by atoms with Crippen LogP contribution in [0.1, 0.15) is 15.9 Å². The lowest BCUT2D eigenvalue weighted by Gasteiger charge is -2.11. The summed E-state index contributed by atoms with van der Waals surface area (Å²) in [5, 5.41) is 17.8. The van der Waals surface area contributed by atoms with Gasteiger partial charge in [0.2, 0.25) is 0 Å². The summed E-state index contributed by atoms with van der Waals surface area (Å²) >= 11 is 0. The van der Waals surface area contributed by atoms with Gasteiger partial charge in [0, 0.05) is 12.1 Å². The average molecular weight is 207 g/mol. The number of aliphatic carboxylic acids is 1. The molecular weight excluding hydrogens is 198 g/mol. The maximum absolute atomic E-state index is 11.6. The molecule has 78 valence electrons. The summed E-state index contributed by atoms with van der Waals surface area (Å²) in [4.78, 5) is 23.3. The summed E-state index contributed by atoms with van der Waals surface area (Å²) in [6.07, 6.45) is 0. The molecule has 0 spiro atoms. The van der Waals surface area contributed by atoms with Crippen LogP contribution in [0.15, 0.2) is 18.2 Å². The first kappa shape index (κ1) is 9.51. The molecule has 2 N–H and O–H groups in total. The molecule has 1 aliphatic heterocycles. The first-order chi connectivity index (χ1) is 7.08. The molecule has 0 atom stereocenters. The van der Waals surface area contributed by atoms with Gasteiger partial charge in [0.25, 0.3) is 5.91 Å². The molecule has 1 aromatic carbocycles. The Bertz CT molecular complexity index is 441. The minimum Gasteiger partial charge on any atom is -0.508 e. The lowest BCUT2D eigenvalue weighted by Crippen LogP contribution is -2.29. The quantitative estimate of drug-likeness (QED) is 0.737. The van der Waals surface area contributed by atoms with E-state index < -0.39 is 5.97 Å². The molecule has 0 radical (unpaired) electrons. The number of fused-ring (bicyclic) bond motifs is 1. The highest BCUT2D eigenvalue weighted by molar-refractivity contribution is 6.00. The lowest BCUT2D eigenvalue weighted by molar-refractivity contribution is -0.137. The second-order valence-electron chi connectivity index (χ2n) is 3.40. The van der Waals surface area contributed by atoms with E-state index in [-0.39, 0.29) is 18.2 Å². The van der Waals surface area contributed by atoms with Crippen LogP contribution >= 0.6 is 0 Å². The second-order valence-corrected chi connectivity index (χ2v) is 3.40. The van der Waals surface area contributed by atoms with Crippen LogP contribution in [0, 0.1) is 0 Å². The minimum absolute atomic E-state index is 0.0132. The van der Waals surface area contributed by atoms with E-state index in [0.29, 0.717) is 12.1 Å². The number of carbonyl (C=O) groups excluding carboxylic acids is 1. The number of carboxylic acid groups (broad SMARTS) is 1. The van der Waals surface area contributed by atoms with Crippen LogP contribution in [0.5, 0.6) is 5.75 Å². The van der Waals surface area contributed by atoms with E-state index in [1.807, 2.05) is 0 Å². The molecule has 2 rings (SSSR count). The fourth-order valence-corrected chi connectivity index (χ4v) is 1.64. The van der Waals surface area contributed by atoms with Gasteiger partial charge in [-0.2, -0.15) is 0 Å². The van der Waals surface area contributed by atoms with Gasteiger partial charge in [-0.25, -0.2) is 0 Å². The Labute approximate surface area is 85.6 Å². The number of carbonyl (C=O) groups is 2. The Morgan fingerprint density at radius 2 is 2.20 bits per heavy atom. The number of aromatic hydroxyl groups is 1. The zero-order chi connectivity index (χ0) is 11.0. The Balaban J connectivity index is 2.29. The van der Waals surface area contributed by atoms with Gasteiger partial charge in [-0.1, -0.05) is 6.07 Å². The number of rotatable bonds is 2. The summed E-state index contributed by atoms with van der Waals surface area (Å²) in [5.41, 5.74) is 1.13. The molecule has 0 aromatic heterocycles. The fourth-order valence-electron chi connectivity index (χ4n) is 1.64. The van der Waals surface area contributed by atoms with E-state index >= 15 is 0 Å². The molecule has 0 bridgehead atoms. The number of hydrogen-bond donors (Lipinski definition) is 2. The monoisotopic (exact) mass is 207 g/mol. The maximum Gasteiger partial charge on any atom is 0.323 e. The van der Waals surface area contributed by atoms with E-state index in [4.69, 9.17) is 5.11 Å². The van der Waals surface area contributed by atoms with Crippen LogP contribution in [0.4, 0.5) is 0 Å². The summed E-state index contributed by atoms with van der Waals surface area (Å²) < 4.78 is 0. The number of phenolic OH excluding ortho intramolecular Hbond substituents is 1. The average Bonchev–Trinajstić information content (AvgIpc) is 2.44. The zero-order valence-corrected chi connectivity index (χ0v) is 7.80. The van der Waals surface area contributed by atoms with E-state index in [0.717, 1.165) is 5.56 Å². The van der Waals surface area contributed by atoms with Gasteiger partial charge in [0.15, 0.2) is 0 Å². The van der Waals surface area contributed by atoms with Crippen molar-refractivity contribution in [3.8, 4) is 5.75 Å². The predicted molar refractivity (Wildman–Crippen MR) is 50.5 cm³/mol. The third-order valence-corrected chi connectivity index (χ3v) is 2.30. The molecular formula is C10H9NO4. The smallest absolute Gasteiger partial charge is 0.323 e. The van der Waals surface area contributed by atoms with Crippen molar-refractivity contribution in [3.63, 3.8) is 0 Å². The Morgan fingerprint density at radius 3 is 2.87 bits per heavy atom. The molecule has 1 heterocycles. The number of nitrogens with zero attached hydrogens (tertiary/aromatic N) is 1. The molecule has 0 fully saturated rings. The standard InChI is InChI=1S/C10H9NO4/c12-7-2-1-6-4-11(5-9(13)14)10(15)8(6)3-7/h1-3,12H,4-5H2,(H,13,14). The van der Waals surface area contributed by atoms with Gasteiger partial charge in [0.1, 0.15) is 12.3 Å². The van der Waals surface area contributed by atoms with Gasteiger partial charge in [-0.15, -0.1) is 0 Å². The van der Waals surface area contributed by atoms with Crippen molar-refractivity contribution in [3.05, 3.63) is 29.3 Å². The van der Waals surface area contributed by atoms with Gasteiger partial charge in [-0.3, -0.25) is 9.59 Å². The van der Waals surface area contributed by atoms with Gasteiger partial charge in [-0.05, 0) is 17.7 Å². The first-order valence-electron chi connectivity index (χ1n) is 4.41. The highest BCUT2D eigenvalue weighted by Gasteiger charge is 2.28. The van der Waals surface area contributed by atoms with E-state index in [1.165, 1.54) is 17.0 Å². The number of hydrogen-bond acceptors (Lipinski definition) is 3. The molecule has 1 aliphatic rings. The molecule has 5 nitrogen and oxygen atoms in total. The number of benzene rings is 1. The molecule has 0 saturated carbocycles. The van der Waals surface area contributed by atoms with Crippen molar-refractivity contribution in [2.75, 3.05) is 6.54 Å². The van der Waals surface area contributed by atoms with Crippen LogP contribution in [-0.4, -0.2) is 33.5 Å². The second kappa shape index (κ2) is 3.27. The van der Waals surface area contributed by atoms with Crippen molar-refractivity contribution >= 4 is 11.9 Å². The maximum atomic E-state index is 11.6. The van der Waals surface area contributed by atoms with Crippen molar-refractivity contribution in [2.45, 2.75) is 6.54 Å². The van der Waals surface area contributed by atoms with Crippen LogP contribution < -0.4 is 0 Å². The van der Waals surface area contributed by atoms with Gasteiger partial charge in [0.05, 0.1) is 0 Å². The third kappa shape index (κ3) is 1.63. The fraction of sp³-hybridized carbons (Fsp3) is 0.200. The lowest BCUT2D eigenvalue weighted by atomic mass is 10.1. The summed E-state index contributed by atoms with van der Waals surface area (Å²) in [6.45, 7) is -0.0188. The van der Waals surface area contributed by atoms with E-state index in [1.54, 1.807) is 6.07 Å². The summed E-state index contributed by atoms with van der Waals surface area (Å²) in [6, 6.07) is 4.47. The van der Waals surface area contributed by atoms with Gasteiger partial charge < -0.3 is 15.1 Å². The topological polar surface area (TPSA) is 77.8 Å². The van der Waals surface area contributed by atoms with Crippen molar-refractivity contribution in [2.24, 2.45) is 0 Å². The minimum atomic E-state index is -1.04. The zero-order valence-electron chi connectivity index (χ0n) is 7.80. The van der Waals surface area contributed by atoms with Crippen LogP contribution in [0.25, 0.3) is 0 Å². The molecule has 1 aromatic rings. The Hall–Kier alpha value is -2.04.